The molecule has 4 rings (SSSR count). The van der Waals surface area contributed by atoms with Crippen molar-refractivity contribution in [1.29, 1.82) is 0 Å². The van der Waals surface area contributed by atoms with Crippen molar-refractivity contribution in [1.82, 2.24) is 0 Å². The molecule has 1 aromatic rings. The lowest BCUT2D eigenvalue weighted by Crippen LogP contribution is -2.45. The van der Waals surface area contributed by atoms with Crippen molar-refractivity contribution in [2.24, 2.45) is 23.7 Å². The zero-order valence-electron chi connectivity index (χ0n) is 16.8. The molecular weight excluding hydrogens is 414 g/mol. The van der Waals surface area contributed by atoms with Crippen LogP contribution in [0.25, 0.3) is 0 Å². The largest absolute Gasteiger partial charge is 0.544 e. The van der Waals surface area contributed by atoms with Gasteiger partial charge in [-0.15, -0.1) is 0 Å². The minimum absolute atomic E-state index is 0.116. The molecule has 1 aromatic carbocycles. The fraction of sp³-hybridized carbons (Fsp3) is 0.591. The molecule has 0 aromatic heterocycles. The predicted octanol–water partition coefficient (Wildman–Crippen LogP) is 2.18. The lowest BCUT2D eigenvalue weighted by Gasteiger charge is -2.31. The van der Waals surface area contributed by atoms with Crippen molar-refractivity contribution in [2.45, 2.75) is 44.1 Å². The van der Waals surface area contributed by atoms with Gasteiger partial charge in [-0.1, -0.05) is 6.42 Å². The number of hydrogen-bond acceptors (Lipinski definition) is 7. The Balaban J connectivity index is 1.22. The molecule has 2 bridgehead atoms. The highest BCUT2D eigenvalue weighted by Gasteiger charge is 2.54. The highest BCUT2D eigenvalue weighted by molar-refractivity contribution is 5.93. The van der Waals surface area contributed by atoms with Crippen LogP contribution in [0.5, 0.6) is 0 Å². The summed E-state index contributed by atoms with van der Waals surface area (Å²) in [6.07, 6.45) is 6.26. The van der Waals surface area contributed by atoms with E-state index >= 15 is 0 Å². The molecule has 9 heteroatoms. The lowest BCUT2D eigenvalue weighted by molar-refractivity contribution is -0.331. The maximum absolute atomic E-state index is 12.9. The standard InChI is InChI=1S/C22H24F2O7/c23-22(24,21(27)28)10-29-19(25)12-4-6-13(7-5-12)20(26)31-11-30-18-9-14-8-17(18)16-3-1-2-15(14)16/h4-7,14-18H,1-3,8-11H2,(H,27,28)/p-1. The third kappa shape index (κ3) is 4.42. The zero-order chi connectivity index (χ0) is 22.2. The van der Waals surface area contributed by atoms with E-state index in [0.717, 1.165) is 24.2 Å². The first kappa shape index (κ1) is 21.7. The summed E-state index contributed by atoms with van der Waals surface area (Å²) in [6, 6.07) is 4.98. The van der Waals surface area contributed by atoms with Crippen molar-refractivity contribution < 1.29 is 42.5 Å². The Morgan fingerprint density at radius 1 is 0.935 bits per heavy atom. The van der Waals surface area contributed by atoms with Gasteiger partial charge in [-0.05, 0) is 73.6 Å². The Morgan fingerprint density at radius 3 is 2.19 bits per heavy atom. The first-order valence-corrected chi connectivity index (χ1v) is 10.4. The van der Waals surface area contributed by atoms with Crippen molar-refractivity contribution >= 4 is 17.9 Å². The number of benzene rings is 1. The molecule has 0 saturated heterocycles. The first-order valence-electron chi connectivity index (χ1n) is 10.4. The number of hydrogen-bond donors (Lipinski definition) is 0. The number of alkyl halides is 2. The molecule has 5 atom stereocenters. The molecule has 7 nitrogen and oxygen atoms in total. The molecule has 0 amide bonds. The number of halogens is 2. The van der Waals surface area contributed by atoms with Gasteiger partial charge in [0.25, 0.3) is 0 Å². The van der Waals surface area contributed by atoms with Crippen LogP contribution in [0.15, 0.2) is 24.3 Å². The summed E-state index contributed by atoms with van der Waals surface area (Å²) >= 11 is 0. The summed E-state index contributed by atoms with van der Waals surface area (Å²) in [4.78, 5) is 34.2. The molecule has 31 heavy (non-hydrogen) atoms. The Hall–Kier alpha value is -2.55. The van der Waals surface area contributed by atoms with E-state index in [1.165, 1.54) is 49.9 Å². The van der Waals surface area contributed by atoms with Crippen LogP contribution in [0, 0.1) is 23.7 Å². The first-order chi connectivity index (χ1) is 14.8. The van der Waals surface area contributed by atoms with E-state index in [2.05, 4.69) is 4.74 Å². The van der Waals surface area contributed by atoms with Crippen LogP contribution < -0.4 is 5.11 Å². The van der Waals surface area contributed by atoms with Gasteiger partial charge in [0.15, 0.2) is 13.4 Å². The topological polar surface area (TPSA) is 102 Å². The van der Waals surface area contributed by atoms with Crippen molar-refractivity contribution in [3.05, 3.63) is 35.4 Å². The molecule has 168 valence electrons. The molecule has 0 aliphatic heterocycles. The van der Waals surface area contributed by atoms with Gasteiger partial charge in [0.2, 0.25) is 0 Å². The van der Waals surface area contributed by atoms with E-state index in [0.29, 0.717) is 5.92 Å². The van der Waals surface area contributed by atoms with Gasteiger partial charge in [0.05, 0.1) is 17.2 Å². The van der Waals surface area contributed by atoms with Crippen LogP contribution >= 0.6 is 0 Å². The summed E-state index contributed by atoms with van der Waals surface area (Å²) in [5, 5.41) is 10.2. The van der Waals surface area contributed by atoms with E-state index < -0.39 is 30.4 Å². The second-order valence-electron chi connectivity index (χ2n) is 8.55. The fourth-order valence-corrected chi connectivity index (χ4v) is 5.50. The van der Waals surface area contributed by atoms with Crippen molar-refractivity contribution in [3.63, 3.8) is 0 Å². The predicted molar refractivity (Wildman–Crippen MR) is 98.9 cm³/mol. The second kappa shape index (κ2) is 8.53. The summed E-state index contributed by atoms with van der Waals surface area (Å²) in [7, 11) is 0. The number of carboxylic acids is 1. The molecule has 0 N–H and O–H groups in total. The Labute approximate surface area is 177 Å². The quantitative estimate of drug-likeness (QED) is 0.454. The van der Waals surface area contributed by atoms with Crippen LogP contribution in [-0.4, -0.2) is 43.3 Å². The normalized spacial score (nSPS) is 28.9. The van der Waals surface area contributed by atoms with E-state index in [4.69, 9.17) is 9.47 Å². The van der Waals surface area contributed by atoms with Gasteiger partial charge in [-0.25, -0.2) is 9.59 Å². The summed E-state index contributed by atoms with van der Waals surface area (Å²) in [6.45, 7) is -1.79. The van der Waals surface area contributed by atoms with Gasteiger partial charge in [-0.2, -0.15) is 8.78 Å². The minimum Gasteiger partial charge on any atom is -0.544 e. The van der Waals surface area contributed by atoms with E-state index in [-0.39, 0.29) is 24.0 Å². The highest BCUT2D eigenvalue weighted by atomic mass is 19.3. The third-order valence-corrected chi connectivity index (χ3v) is 6.88. The molecule has 3 aliphatic rings. The molecule has 0 heterocycles. The summed E-state index contributed by atoms with van der Waals surface area (Å²) in [5.41, 5.74) is 0.0408. The van der Waals surface area contributed by atoms with Gasteiger partial charge in [0, 0.05) is 0 Å². The van der Waals surface area contributed by atoms with Crippen LogP contribution in [0.3, 0.4) is 0 Å². The Morgan fingerprint density at radius 2 is 1.55 bits per heavy atom. The van der Waals surface area contributed by atoms with Crippen molar-refractivity contribution in [3.8, 4) is 0 Å². The van der Waals surface area contributed by atoms with Crippen LogP contribution in [0.1, 0.15) is 52.8 Å². The fourth-order valence-electron chi connectivity index (χ4n) is 5.50. The molecule has 3 fully saturated rings. The number of fused-ring (bicyclic) bond motifs is 5. The van der Waals surface area contributed by atoms with Gasteiger partial charge >= 0.3 is 17.9 Å². The summed E-state index contributed by atoms with van der Waals surface area (Å²) in [5.74, 6) is -5.80. The lowest BCUT2D eigenvalue weighted by atomic mass is 9.80. The number of ether oxygens (including phenoxy) is 3. The second-order valence-corrected chi connectivity index (χ2v) is 8.55. The van der Waals surface area contributed by atoms with Gasteiger partial charge in [-0.3, -0.25) is 0 Å². The Bertz CT molecular complexity index is 854. The minimum atomic E-state index is -4.28. The number of carboxylic acid groups (broad SMARTS) is 1. The smallest absolute Gasteiger partial charge is 0.340 e. The average Bonchev–Trinajstić information content (AvgIpc) is 3.45. The number of carbonyl (C=O) groups excluding carboxylic acids is 3. The maximum Gasteiger partial charge on any atom is 0.340 e. The van der Waals surface area contributed by atoms with Gasteiger partial charge in [0.1, 0.15) is 5.97 Å². The maximum atomic E-state index is 12.9. The van der Waals surface area contributed by atoms with Crippen LogP contribution in [-0.2, 0) is 19.0 Å². The van der Waals surface area contributed by atoms with E-state index in [1.807, 2.05) is 0 Å². The highest BCUT2D eigenvalue weighted by Crippen LogP contribution is 2.59. The van der Waals surface area contributed by atoms with Crippen LogP contribution in [0.4, 0.5) is 8.78 Å². The molecule has 0 radical (unpaired) electrons. The van der Waals surface area contributed by atoms with Crippen LogP contribution in [0.2, 0.25) is 0 Å². The number of aliphatic carboxylic acids is 1. The number of esters is 2. The molecule has 5 unspecified atom stereocenters. The molecule has 3 saturated carbocycles. The number of carbonyl (C=O) groups is 3. The van der Waals surface area contributed by atoms with E-state index in [9.17, 15) is 28.3 Å². The molecular formula is C22H23F2O7-. The zero-order valence-corrected chi connectivity index (χ0v) is 16.8. The summed E-state index contributed by atoms with van der Waals surface area (Å²) < 4.78 is 41.2. The van der Waals surface area contributed by atoms with E-state index in [1.54, 1.807) is 0 Å². The SMILES string of the molecule is O=C(OCOC1CC2CC1C1CCCC21)c1ccc(C(=O)OCC(F)(F)C(=O)[O-])cc1. The molecule has 3 aliphatic carbocycles. The molecule has 0 spiro atoms. The monoisotopic (exact) mass is 437 g/mol. The average molecular weight is 437 g/mol. The Kier molecular flexibility index (Phi) is 5.96. The number of rotatable bonds is 8. The van der Waals surface area contributed by atoms with Gasteiger partial charge < -0.3 is 24.1 Å². The van der Waals surface area contributed by atoms with Crippen molar-refractivity contribution in [2.75, 3.05) is 13.4 Å². The third-order valence-electron chi connectivity index (χ3n) is 6.88.